The maximum absolute atomic E-state index is 13.5. The van der Waals surface area contributed by atoms with Gasteiger partial charge in [-0.25, -0.2) is 8.78 Å². The molecule has 0 amide bonds. The number of nitrogens with two attached hydrogens (primary N) is 1. The van der Waals surface area contributed by atoms with E-state index in [1.54, 1.807) is 11.8 Å². The number of thioether (sulfide) groups is 1. The second-order valence-corrected chi connectivity index (χ2v) is 5.35. The second kappa shape index (κ2) is 4.10. The monoisotopic (exact) mass is 229 g/mol. The van der Waals surface area contributed by atoms with Gasteiger partial charge in [0.2, 0.25) is 0 Å². The van der Waals surface area contributed by atoms with Gasteiger partial charge in [0.25, 0.3) is 0 Å². The van der Waals surface area contributed by atoms with E-state index in [9.17, 15) is 8.78 Å². The van der Waals surface area contributed by atoms with Gasteiger partial charge in [-0.2, -0.15) is 11.8 Å². The zero-order chi connectivity index (χ0) is 11.0. The van der Waals surface area contributed by atoms with Crippen LogP contribution in [0.5, 0.6) is 0 Å². The highest BCUT2D eigenvalue weighted by Gasteiger charge is 2.23. The van der Waals surface area contributed by atoms with Gasteiger partial charge in [0.15, 0.2) is 0 Å². The molecule has 0 saturated heterocycles. The van der Waals surface area contributed by atoms with Gasteiger partial charge >= 0.3 is 0 Å². The van der Waals surface area contributed by atoms with E-state index in [1.807, 2.05) is 0 Å². The van der Waals surface area contributed by atoms with Gasteiger partial charge < -0.3 is 5.73 Å². The molecule has 15 heavy (non-hydrogen) atoms. The Kier molecular flexibility index (Phi) is 2.98. The van der Waals surface area contributed by atoms with Gasteiger partial charge in [-0.15, -0.1) is 0 Å². The molecule has 1 aromatic rings. The van der Waals surface area contributed by atoms with Crippen molar-refractivity contribution in [2.45, 2.75) is 30.4 Å². The third-order valence-electron chi connectivity index (χ3n) is 2.69. The molecule has 1 aliphatic rings. The van der Waals surface area contributed by atoms with Crippen molar-refractivity contribution in [2.75, 3.05) is 0 Å². The first-order valence-corrected chi connectivity index (χ1v) is 5.98. The number of benzene rings is 1. The summed E-state index contributed by atoms with van der Waals surface area (Å²) in [6.45, 7) is 2.06. The van der Waals surface area contributed by atoms with Crippen molar-refractivity contribution in [3.8, 4) is 0 Å². The summed E-state index contributed by atoms with van der Waals surface area (Å²) in [6.07, 6.45) is 0.764. The lowest BCUT2D eigenvalue weighted by Crippen LogP contribution is -2.14. The van der Waals surface area contributed by atoms with Crippen LogP contribution in [0.1, 0.15) is 30.5 Å². The number of halogens is 2. The predicted octanol–water partition coefficient (Wildman–Crippen LogP) is 2.99. The molecule has 2 atom stereocenters. The second-order valence-electron chi connectivity index (χ2n) is 3.92. The molecular formula is C11H13F2NS. The van der Waals surface area contributed by atoms with E-state index in [2.05, 4.69) is 6.92 Å². The van der Waals surface area contributed by atoms with E-state index in [0.29, 0.717) is 22.1 Å². The van der Waals surface area contributed by atoms with Crippen molar-refractivity contribution in [3.63, 3.8) is 0 Å². The van der Waals surface area contributed by atoms with E-state index in [-0.39, 0.29) is 6.04 Å². The van der Waals surface area contributed by atoms with Crippen LogP contribution in [0, 0.1) is 11.6 Å². The van der Waals surface area contributed by atoms with Gasteiger partial charge in [0, 0.05) is 28.7 Å². The first-order chi connectivity index (χ1) is 7.08. The summed E-state index contributed by atoms with van der Waals surface area (Å²) in [6, 6.07) is 2.04. The normalized spacial score (nSPS) is 25.9. The Labute approximate surface area is 92.0 Å². The molecule has 1 aromatic carbocycles. The van der Waals surface area contributed by atoms with Crippen molar-refractivity contribution in [3.05, 3.63) is 34.9 Å². The highest BCUT2D eigenvalue weighted by atomic mass is 32.2. The molecule has 1 nitrogen and oxygen atoms in total. The summed E-state index contributed by atoms with van der Waals surface area (Å²) in [4.78, 5) is 0. The maximum Gasteiger partial charge on any atom is 0.130 e. The Morgan fingerprint density at radius 1 is 1.40 bits per heavy atom. The zero-order valence-corrected chi connectivity index (χ0v) is 9.28. The average molecular weight is 229 g/mol. The average Bonchev–Trinajstić information content (AvgIpc) is 2.27. The Morgan fingerprint density at radius 3 is 2.87 bits per heavy atom. The SMILES string of the molecule is CC1C[C@@H](N)c2cc(F)cc(F)c2CS1. The van der Waals surface area contributed by atoms with Crippen molar-refractivity contribution in [1.29, 1.82) is 0 Å². The Hall–Kier alpha value is -0.610. The molecular weight excluding hydrogens is 216 g/mol. The quantitative estimate of drug-likeness (QED) is 0.740. The highest BCUT2D eigenvalue weighted by Crippen LogP contribution is 2.35. The molecule has 0 aliphatic carbocycles. The van der Waals surface area contributed by atoms with Crippen LogP contribution in [0.4, 0.5) is 8.78 Å². The number of hydrogen-bond donors (Lipinski definition) is 1. The van der Waals surface area contributed by atoms with Crippen LogP contribution in [-0.2, 0) is 5.75 Å². The van der Waals surface area contributed by atoms with Crippen molar-refractivity contribution in [1.82, 2.24) is 0 Å². The molecule has 1 aliphatic heterocycles. The van der Waals surface area contributed by atoms with E-state index >= 15 is 0 Å². The van der Waals surface area contributed by atoms with Crippen LogP contribution in [0.15, 0.2) is 12.1 Å². The smallest absolute Gasteiger partial charge is 0.130 e. The fourth-order valence-corrected chi connectivity index (χ4v) is 2.98. The Bertz CT molecular complexity index is 381. The third kappa shape index (κ3) is 2.16. The minimum atomic E-state index is -0.541. The fourth-order valence-electron chi connectivity index (χ4n) is 1.88. The van der Waals surface area contributed by atoms with Crippen LogP contribution >= 0.6 is 11.8 Å². The summed E-state index contributed by atoms with van der Waals surface area (Å²) in [5, 5.41) is 0.384. The van der Waals surface area contributed by atoms with E-state index in [0.717, 1.165) is 12.5 Å². The summed E-state index contributed by atoms with van der Waals surface area (Å²) >= 11 is 1.66. The lowest BCUT2D eigenvalue weighted by molar-refractivity contribution is 0.561. The van der Waals surface area contributed by atoms with Gasteiger partial charge in [0.1, 0.15) is 11.6 Å². The van der Waals surface area contributed by atoms with Crippen LogP contribution in [0.25, 0.3) is 0 Å². The summed E-state index contributed by atoms with van der Waals surface area (Å²) in [7, 11) is 0. The predicted molar refractivity (Wildman–Crippen MR) is 58.7 cm³/mol. The van der Waals surface area contributed by atoms with Crippen LogP contribution in [-0.4, -0.2) is 5.25 Å². The molecule has 0 spiro atoms. The number of fused-ring (bicyclic) bond motifs is 1. The van der Waals surface area contributed by atoms with Gasteiger partial charge in [-0.3, -0.25) is 0 Å². The molecule has 0 aromatic heterocycles. The molecule has 2 N–H and O–H groups in total. The molecule has 0 saturated carbocycles. The largest absolute Gasteiger partial charge is 0.324 e. The standard InChI is InChI=1S/C11H13F2NS/c1-6-2-11(14)8-3-7(12)4-10(13)9(8)5-15-6/h3-4,6,11H,2,5,14H2,1H3/t6?,11-/m1/s1. The molecule has 0 bridgehead atoms. The van der Waals surface area contributed by atoms with Crippen LogP contribution in [0.3, 0.4) is 0 Å². The molecule has 1 unspecified atom stereocenters. The van der Waals surface area contributed by atoms with E-state index < -0.39 is 11.6 Å². The molecule has 0 fully saturated rings. The van der Waals surface area contributed by atoms with Crippen LogP contribution < -0.4 is 5.73 Å². The lowest BCUT2D eigenvalue weighted by atomic mass is 9.98. The lowest BCUT2D eigenvalue weighted by Gasteiger charge is -2.14. The summed E-state index contributed by atoms with van der Waals surface area (Å²) < 4.78 is 26.6. The Morgan fingerprint density at radius 2 is 2.13 bits per heavy atom. The minimum Gasteiger partial charge on any atom is -0.324 e. The third-order valence-corrected chi connectivity index (χ3v) is 3.91. The van der Waals surface area contributed by atoms with Gasteiger partial charge in [-0.1, -0.05) is 6.92 Å². The van der Waals surface area contributed by atoms with Gasteiger partial charge in [-0.05, 0) is 18.1 Å². The molecule has 0 radical (unpaired) electrons. The summed E-state index contributed by atoms with van der Waals surface area (Å²) in [5.41, 5.74) is 7.12. The van der Waals surface area contributed by atoms with E-state index in [1.165, 1.54) is 6.07 Å². The molecule has 2 rings (SSSR count). The van der Waals surface area contributed by atoms with Crippen LogP contribution in [0.2, 0.25) is 0 Å². The summed E-state index contributed by atoms with van der Waals surface area (Å²) in [5.74, 6) is -0.431. The van der Waals surface area contributed by atoms with Gasteiger partial charge in [0.05, 0.1) is 0 Å². The topological polar surface area (TPSA) is 26.0 Å². The maximum atomic E-state index is 13.5. The molecule has 82 valence electrons. The Balaban J connectivity index is 2.48. The minimum absolute atomic E-state index is 0.254. The number of rotatable bonds is 0. The fraction of sp³-hybridized carbons (Fsp3) is 0.455. The first kappa shape index (κ1) is 10.9. The highest BCUT2D eigenvalue weighted by molar-refractivity contribution is 7.99. The number of hydrogen-bond acceptors (Lipinski definition) is 2. The molecule has 1 heterocycles. The van der Waals surface area contributed by atoms with E-state index in [4.69, 9.17) is 5.73 Å². The first-order valence-electron chi connectivity index (χ1n) is 4.93. The van der Waals surface area contributed by atoms with Crippen molar-refractivity contribution >= 4 is 11.8 Å². The zero-order valence-electron chi connectivity index (χ0n) is 8.47. The van der Waals surface area contributed by atoms with Crippen molar-refractivity contribution in [2.24, 2.45) is 5.73 Å². The molecule has 4 heteroatoms. The van der Waals surface area contributed by atoms with Crippen molar-refractivity contribution < 1.29 is 8.78 Å².